The van der Waals surface area contributed by atoms with Gasteiger partial charge in [0.25, 0.3) is 0 Å². The van der Waals surface area contributed by atoms with Gasteiger partial charge in [-0.25, -0.2) is 0 Å². The van der Waals surface area contributed by atoms with Crippen LogP contribution in [0.2, 0.25) is 0 Å². The molecule has 0 radical (unpaired) electrons. The number of nitrogens with two attached hydrogens (primary N) is 1. The van der Waals surface area contributed by atoms with E-state index in [0.717, 1.165) is 12.8 Å². The van der Waals surface area contributed by atoms with Crippen molar-refractivity contribution in [2.45, 2.75) is 78.0 Å². The normalized spacial score (nSPS) is 33.4. The Hall–Kier alpha value is -0.0800. The van der Waals surface area contributed by atoms with Crippen LogP contribution in [0.3, 0.4) is 0 Å². The summed E-state index contributed by atoms with van der Waals surface area (Å²) in [4.78, 5) is 0. The van der Waals surface area contributed by atoms with Gasteiger partial charge < -0.3 is 10.5 Å². The summed E-state index contributed by atoms with van der Waals surface area (Å²) >= 11 is 0. The molecule has 0 aromatic carbocycles. The van der Waals surface area contributed by atoms with E-state index in [1.54, 1.807) is 0 Å². The average Bonchev–Trinajstić information content (AvgIpc) is 2.33. The lowest BCUT2D eigenvalue weighted by Gasteiger charge is -2.42. The Morgan fingerprint density at radius 2 is 1.88 bits per heavy atom. The van der Waals surface area contributed by atoms with Gasteiger partial charge in [0.1, 0.15) is 0 Å². The van der Waals surface area contributed by atoms with Gasteiger partial charge >= 0.3 is 0 Å². The van der Waals surface area contributed by atoms with Crippen molar-refractivity contribution in [3.63, 3.8) is 0 Å². The van der Waals surface area contributed by atoms with Gasteiger partial charge in [0.05, 0.1) is 11.2 Å². The monoisotopic (exact) mass is 227 g/mol. The van der Waals surface area contributed by atoms with E-state index < -0.39 is 0 Å². The van der Waals surface area contributed by atoms with Crippen molar-refractivity contribution in [3.8, 4) is 0 Å². The van der Waals surface area contributed by atoms with Crippen LogP contribution in [-0.4, -0.2) is 16.7 Å². The zero-order chi connectivity index (χ0) is 12.8. The zero-order valence-corrected chi connectivity index (χ0v) is 12.1. The predicted octanol–water partition coefficient (Wildman–Crippen LogP) is 3.34. The fraction of sp³-hybridized carbons (Fsp3) is 1.00. The van der Waals surface area contributed by atoms with Crippen molar-refractivity contribution in [2.24, 2.45) is 17.6 Å². The first-order valence-electron chi connectivity index (χ1n) is 6.52. The van der Waals surface area contributed by atoms with Crippen LogP contribution >= 0.6 is 0 Å². The highest BCUT2D eigenvalue weighted by molar-refractivity contribution is 5.05. The minimum absolute atomic E-state index is 0.0394. The second kappa shape index (κ2) is 3.99. The van der Waals surface area contributed by atoms with Crippen LogP contribution in [0.4, 0.5) is 0 Å². The molecule has 0 saturated carbocycles. The molecule has 3 unspecified atom stereocenters. The van der Waals surface area contributed by atoms with Crippen molar-refractivity contribution >= 4 is 0 Å². The summed E-state index contributed by atoms with van der Waals surface area (Å²) in [5.41, 5.74) is 6.29. The van der Waals surface area contributed by atoms with Gasteiger partial charge in [0.15, 0.2) is 0 Å². The van der Waals surface area contributed by atoms with Gasteiger partial charge in [-0.2, -0.15) is 0 Å². The molecule has 2 nitrogen and oxygen atoms in total. The minimum atomic E-state index is -0.147. The Bertz CT molecular complexity index is 255. The van der Waals surface area contributed by atoms with E-state index in [1.165, 1.54) is 0 Å². The summed E-state index contributed by atoms with van der Waals surface area (Å²) in [6.45, 7) is 15.4. The lowest BCUT2D eigenvalue weighted by atomic mass is 9.68. The van der Waals surface area contributed by atoms with Gasteiger partial charge in [0.2, 0.25) is 0 Å². The van der Waals surface area contributed by atoms with Crippen LogP contribution in [-0.2, 0) is 4.74 Å². The van der Waals surface area contributed by atoms with Gasteiger partial charge in [-0.05, 0) is 47.0 Å². The molecule has 1 aliphatic heterocycles. The van der Waals surface area contributed by atoms with E-state index in [9.17, 15) is 0 Å². The maximum Gasteiger partial charge on any atom is 0.0680 e. The Morgan fingerprint density at radius 1 is 1.38 bits per heavy atom. The fourth-order valence-electron chi connectivity index (χ4n) is 3.31. The SMILES string of the molecule is CCC(C)C(C)(N)C1CC(C)(C)OC1(C)C. The van der Waals surface area contributed by atoms with Crippen LogP contribution in [0, 0.1) is 11.8 Å². The Balaban J connectivity index is 2.96. The lowest BCUT2D eigenvalue weighted by molar-refractivity contribution is -0.0839. The molecule has 0 aromatic heterocycles. The largest absolute Gasteiger partial charge is 0.369 e. The summed E-state index contributed by atoms with van der Waals surface area (Å²) in [6.07, 6.45) is 2.18. The van der Waals surface area contributed by atoms with Crippen LogP contribution < -0.4 is 5.73 Å². The third-order valence-corrected chi connectivity index (χ3v) is 4.50. The second-order valence-corrected chi connectivity index (χ2v) is 6.90. The van der Waals surface area contributed by atoms with E-state index in [-0.39, 0.29) is 16.7 Å². The van der Waals surface area contributed by atoms with Gasteiger partial charge in [0, 0.05) is 11.5 Å². The number of ether oxygens (including phenoxy) is 1. The maximum absolute atomic E-state index is 6.59. The highest BCUT2D eigenvalue weighted by Crippen LogP contribution is 2.48. The standard InChI is InChI=1S/C14H29NO/c1-8-10(2)14(7,15)11-9-12(3,4)16-13(11,5)6/h10-11H,8-9,15H2,1-7H3. The molecular weight excluding hydrogens is 198 g/mol. The van der Waals surface area contributed by atoms with Crippen molar-refractivity contribution in [1.82, 2.24) is 0 Å². The van der Waals surface area contributed by atoms with Crippen LogP contribution in [0.1, 0.15) is 61.3 Å². The van der Waals surface area contributed by atoms with Crippen molar-refractivity contribution < 1.29 is 4.74 Å². The molecule has 1 fully saturated rings. The molecule has 0 amide bonds. The van der Waals surface area contributed by atoms with Crippen molar-refractivity contribution in [2.75, 3.05) is 0 Å². The molecule has 0 aromatic rings. The summed E-state index contributed by atoms with van der Waals surface area (Å²) in [5.74, 6) is 0.944. The number of hydrogen-bond donors (Lipinski definition) is 1. The third kappa shape index (κ3) is 2.43. The first kappa shape index (κ1) is 14.0. The average molecular weight is 227 g/mol. The molecule has 1 aliphatic rings. The van der Waals surface area contributed by atoms with E-state index in [4.69, 9.17) is 10.5 Å². The lowest BCUT2D eigenvalue weighted by Crippen LogP contribution is -2.55. The van der Waals surface area contributed by atoms with Gasteiger partial charge in [-0.1, -0.05) is 20.3 Å². The van der Waals surface area contributed by atoms with Crippen molar-refractivity contribution in [1.29, 1.82) is 0 Å². The summed E-state index contributed by atoms with van der Waals surface area (Å²) in [6, 6.07) is 0. The molecule has 3 atom stereocenters. The maximum atomic E-state index is 6.59. The van der Waals surface area contributed by atoms with E-state index in [1.807, 2.05) is 0 Å². The van der Waals surface area contributed by atoms with Crippen LogP contribution in [0.5, 0.6) is 0 Å². The van der Waals surface area contributed by atoms with Gasteiger partial charge in [-0.3, -0.25) is 0 Å². The fourth-order valence-corrected chi connectivity index (χ4v) is 3.31. The number of rotatable bonds is 3. The first-order valence-corrected chi connectivity index (χ1v) is 6.52. The molecule has 96 valence electrons. The zero-order valence-electron chi connectivity index (χ0n) is 12.1. The highest BCUT2D eigenvalue weighted by Gasteiger charge is 2.53. The van der Waals surface area contributed by atoms with E-state index >= 15 is 0 Å². The van der Waals surface area contributed by atoms with E-state index in [0.29, 0.717) is 11.8 Å². The van der Waals surface area contributed by atoms with Gasteiger partial charge in [-0.15, -0.1) is 0 Å². The number of hydrogen-bond acceptors (Lipinski definition) is 2. The Kier molecular flexibility index (Phi) is 3.49. The molecule has 0 aliphatic carbocycles. The summed E-state index contributed by atoms with van der Waals surface area (Å²) in [7, 11) is 0. The van der Waals surface area contributed by atoms with Crippen LogP contribution in [0.15, 0.2) is 0 Å². The predicted molar refractivity (Wildman–Crippen MR) is 69.4 cm³/mol. The van der Waals surface area contributed by atoms with Crippen molar-refractivity contribution in [3.05, 3.63) is 0 Å². The molecule has 16 heavy (non-hydrogen) atoms. The third-order valence-electron chi connectivity index (χ3n) is 4.50. The summed E-state index contributed by atoms with van der Waals surface area (Å²) < 4.78 is 6.15. The van der Waals surface area contributed by atoms with E-state index in [2.05, 4.69) is 48.5 Å². The molecule has 0 bridgehead atoms. The minimum Gasteiger partial charge on any atom is -0.369 e. The molecular formula is C14H29NO. The summed E-state index contributed by atoms with van der Waals surface area (Å²) in [5, 5.41) is 0. The molecule has 2 N–H and O–H groups in total. The smallest absolute Gasteiger partial charge is 0.0680 e. The second-order valence-electron chi connectivity index (χ2n) is 6.90. The molecule has 1 heterocycles. The topological polar surface area (TPSA) is 35.2 Å². The first-order chi connectivity index (χ1) is 7.03. The molecule has 2 heteroatoms. The molecule has 1 rings (SSSR count). The Morgan fingerprint density at radius 3 is 2.19 bits per heavy atom. The highest BCUT2D eigenvalue weighted by atomic mass is 16.5. The quantitative estimate of drug-likeness (QED) is 0.802. The molecule has 1 saturated heterocycles. The van der Waals surface area contributed by atoms with Crippen LogP contribution in [0.25, 0.3) is 0 Å². The molecule has 0 spiro atoms. The Labute approximate surface area is 101 Å².